The molecule has 0 spiro atoms. The van der Waals surface area contributed by atoms with Crippen LogP contribution in [0.4, 0.5) is 0 Å². The minimum absolute atomic E-state index is 0.00653. The Morgan fingerprint density at radius 3 is 2.83 bits per heavy atom. The number of nitrogens with zero attached hydrogens (tertiary/aromatic N) is 2. The summed E-state index contributed by atoms with van der Waals surface area (Å²) in [4.78, 5) is 12.4. The van der Waals surface area contributed by atoms with Gasteiger partial charge >= 0.3 is 5.97 Å². The molecule has 30 heavy (non-hydrogen) atoms. The Bertz CT molecular complexity index is 871. The van der Waals surface area contributed by atoms with Gasteiger partial charge in [0.2, 0.25) is 6.10 Å². The lowest BCUT2D eigenvalue weighted by Gasteiger charge is -2.36. The van der Waals surface area contributed by atoms with Gasteiger partial charge in [-0.15, -0.1) is 10.2 Å². The SMILES string of the molecule is CC1CCC(C(C)C)C(OC(=O)CSc2nnc(C3COc4ccccc4O3)o2)C1. The van der Waals surface area contributed by atoms with Crippen LogP contribution in [0, 0.1) is 17.8 Å². The molecule has 0 amide bonds. The largest absolute Gasteiger partial charge is 0.485 e. The number of fused-ring (bicyclic) bond motifs is 1. The van der Waals surface area contributed by atoms with Crippen LogP contribution < -0.4 is 9.47 Å². The minimum Gasteiger partial charge on any atom is -0.485 e. The first-order chi connectivity index (χ1) is 14.5. The van der Waals surface area contributed by atoms with E-state index in [1.807, 2.05) is 24.3 Å². The second-order valence-corrected chi connectivity index (χ2v) is 9.34. The number of esters is 1. The quantitative estimate of drug-likeness (QED) is 0.481. The lowest BCUT2D eigenvalue weighted by molar-refractivity contribution is -0.152. The summed E-state index contributed by atoms with van der Waals surface area (Å²) in [5.41, 5.74) is 0. The molecule has 1 aromatic carbocycles. The van der Waals surface area contributed by atoms with Gasteiger partial charge in [-0.25, -0.2) is 0 Å². The Balaban J connectivity index is 1.30. The highest BCUT2D eigenvalue weighted by Crippen LogP contribution is 2.37. The van der Waals surface area contributed by atoms with Gasteiger partial charge in [0.15, 0.2) is 11.5 Å². The van der Waals surface area contributed by atoms with Crippen LogP contribution in [0.2, 0.25) is 0 Å². The summed E-state index contributed by atoms with van der Waals surface area (Å²) in [7, 11) is 0. The average molecular weight is 433 g/mol. The molecule has 1 aliphatic heterocycles. The van der Waals surface area contributed by atoms with Crippen molar-refractivity contribution in [3.8, 4) is 11.5 Å². The topological polar surface area (TPSA) is 83.7 Å². The first kappa shape index (κ1) is 21.0. The van der Waals surface area contributed by atoms with E-state index in [-0.39, 0.29) is 17.8 Å². The van der Waals surface area contributed by atoms with E-state index in [0.717, 1.165) is 12.8 Å². The molecule has 1 fully saturated rings. The third-order valence-corrected chi connectivity index (χ3v) is 6.56. The monoisotopic (exact) mass is 432 g/mol. The second-order valence-electron chi connectivity index (χ2n) is 8.41. The first-order valence-corrected chi connectivity index (χ1v) is 11.5. The second kappa shape index (κ2) is 9.29. The molecule has 4 unspecified atom stereocenters. The van der Waals surface area contributed by atoms with E-state index in [1.54, 1.807) is 0 Å². The molecule has 0 saturated heterocycles. The van der Waals surface area contributed by atoms with Gasteiger partial charge in [-0.05, 0) is 42.7 Å². The van der Waals surface area contributed by atoms with Crippen LogP contribution >= 0.6 is 11.8 Å². The van der Waals surface area contributed by atoms with Gasteiger partial charge in [0.1, 0.15) is 18.5 Å². The molecular formula is C22H28N2O5S. The Morgan fingerprint density at radius 1 is 1.23 bits per heavy atom. The summed E-state index contributed by atoms with van der Waals surface area (Å²) in [6.45, 7) is 6.92. The van der Waals surface area contributed by atoms with Crippen LogP contribution in [0.1, 0.15) is 52.0 Å². The maximum atomic E-state index is 12.4. The number of rotatable bonds is 6. The Labute approximate surface area is 180 Å². The number of para-hydroxylation sites is 2. The molecule has 1 aliphatic carbocycles. The van der Waals surface area contributed by atoms with E-state index in [9.17, 15) is 4.79 Å². The lowest BCUT2D eigenvalue weighted by atomic mass is 9.75. The van der Waals surface area contributed by atoms with E-state index in [1.165, 1.54) is 18.2 Å². The van der Waals surface area contributed by atoms with Crippen LogP contribution in [-0.4, -0.2) is 34.6 Å². The Morgan fingerprint density at radius 2 is 2.03 bits per heavy atom. The maximum absolute atomic E-state index is 12.4. The summed E-state index contributed by atoms with van der Waals surface area (Å²) in [6, 6.07) is 7.45. The van der Waals surface area contributed by atoms with E-state index < -0.39 is 6.10 Å². The number of benzene rings is 1. The molecular weight excluding hydrogens is 404 g/mol. The highest BCUT2D eigenvalue weighted by molar-refractivity contribution is 7.99. The molecule has 1 saturated carbocycles. The van der Waals surface area contributed by atoms with E-state index in [2.05, 4.69) is 31.0 Å². The van der Waals surface area contributed by atoms with Crippen LogP contribution in [0.5, 0.6) is 11.5 Å². The van der Waals surface area contributed by atoms with Gasteiger partial charge in [0.05, 0.1) is 0 Å². The third-order valence-electron chi connectivity index (χ3n) is 5.76. The fourth-order valence-corrected chi connectivity index (χ4v) is 4.68. The van der Waals surface area contributed by atoms with Crippen molar-refractivity contribution in [1.82, 2.24) is 10.2 Å². The van der Waals surface area contributed by atoms with Gasteiger partial charge in [-0.1, -0.05) is 51.1 Å². The Kier molecular flexibility index (Phi) is 6.51. The number of hydrogen-bond acceptors (Lipinski definition) is 8. The molecule has 8 heteroatoms. The van der Waals surface area contributed by atoms with Crippen LogP contribution in [-0.2, 0) is 9.53 Å². The molecule has 7 nitrogen and oxygen atoms in total. The first-order valence-electron chi connectivity index (χ1n) is 10.5. The number of carbonyl (C=O) groups excluding carboxylic acids is 1. The number of thioether (sulfide) groups is 1. The van der Waals surface area contributed by atoms with Gasteiger partial charge < -0.3 is 18.6 Å². The predicted molar refractivity (Wildman–Crippen MR) is 112 cm³/mol. The third kappa shape index (κ3) is 4.91. The van der Waals surface area contributed by atoms with Crippen molar-refractivity contribution in [1.29, 1.82) is 0 Å². The van der Waals surface area contributed by atoms with Crippen molar-refractivity contribution in [3.63, 3.8) is 0 Å². The highest BCUT2D eigenvalue weighted by Gasteiger charge is 2.33. The predicted octanol–water partition coefficient (Wildman–Crippen LogP) is 4.68. The molecule has 2 aromatic rings. The summed E-state index contributed by atoms with van der Waals surface area (Å²) in [5, 5.41) is 8.40. The zero-order chi connectivity index (χ0) is 21.1. The summed E-state index contributed by atoms with van der Waals surface area (Å²) >= 11 is 1.19. The van der Waals surface area contributed by atoms with Crippen LogP contribution in [0.25, 0.3) is 0 Å². The average Bonchev–Trinajstić information content (AvgIpc) is 3.21. The van der Waals surface area contributed by atoms with E-state index >= 15 is 0 Å². The molecule has 0 bridgehead atoms. The molecule has 4 atom stereocenters. The number of ether oxygens (including phenoxy) is 3. The number of carbonyl (C=O) groups is 1. The lowest BCUT2D eigenvalue weighted by Crippen LogP contribution is -2.36. The fraction of sp³-hybridized carbons (Fsp3) is 0.591. The van der Waals surface area contributed by atoms with Crippen molar-refractivity contribution in [2.24, 2.45) is 17.8 Å². The van der Waals surface area contributed by atoms with Crippen molar-refractivity contribution >= 4 is 17.7 Å². The zero-order valence-corrected chi connectivity index (χ0v) is 18.4. The standard InChI is InChI=1S/C22H28N2O5S/c1-13(2)15-9-8-14(3)10-18(15)28-20(25)12-30-22-24-23-21(29-22)19-11-26-16-6-4-5-7-17(16)27-19/h4-7,13-15,18-19H,8-12H2,1-3H3. The van der Waals surface area contributed by atoms with Gasteiger partial charge in [0.25, 0.3) is 11.1 Å². The molecule has 0 radical (unpaired) electrons. The molecule has 162 valence electrons. The molecule has 2 aliphatic rings. The molecule has 0 N–H and O–H groups in total. The molecule has 1 aromatic heterocycles. The van der Waals surface area contributed by atoms with Crippen LogP contribution in [0.15, 0.2) is 33.9 Å². The molecule has 2 heterocycles. The van der Waals surface area contributed by atoms with Crippen LogP contribution in [0.3, 0.4) is 0 Å². The summed E-state index contributed by atoms with van der Waals surface area (Å²) in [5.74, 6) is 3.10. The van der Waals surface area contributed by atoms with Gasteiger partial charge in [0, 0.05) is 0 Å². The van der Waals surface area contributed by atoms with Gasteiger partial charge in [-0.3, -0.25) is 4.79 Å². The normalized spacial score (nSPS) is 25.9. The minimum atomic E-state index is -0.468. The summed E-state index contributed by atoms with van der Waals surface area (Å²) < 4.78 is 23.1. The van der Waals surface area contributed by atoms with Gasteiger partial charge in [-0.2, -0.15) is 0 Å². The van der Waals surface area contributed by atoms with E-state index in [0.29, 0.717) is 47.0 Å². The van der Waals surface area contributed by atoms with Crippen molar-refractivity contribution in [3.05, 3.63) is 30.2 Å². The smallest absolute Gasteiger partial charge is 0.316 e. The maximum Gasteiger partial charge on any atom is 0.316 e. The molecule has 4 rings (SSSR count). The van der Waals surface area contributed by atoms with Crippen molar-refractivity contribution in [2.45, 2.75) is 57.5 Å². The Hall–Kier alpha value is -2.22. The highest BCUT2D eigenvalue weighted by atomic mass is 32.2. The van der Waals surface area contributed by atoms with Crippen molar-refractivity contribution in [2.75, 3.05) is 12.4 Å². The fourth-order valence-electron chi connectivity index (χ4n) is 4.12. The number of aromatic nitrogens is 2. The van der Waals surface area contributed by atoms with E-state index in [4.69, 9.17) is 18.6 Å². The number of hydrogen-bond donors (Lipinski definition) is 0. The summed E-state index contributed by atoms with van der Waals surface area (Å²) in [6.07, 6.45) is 2.78. The zero-order valence-electron chi connectivity index (χ0n) is 17.6. The van der Waals surface area contributed by atoms with Crippen molar-refractivity contribution < 1.29 is 23.4 Å².